The highest BCUT2D eigenvalue weighted by molar-refractivity contribution is 6.29. The summed E-state index contributed by atoms with van der Waals surface area (Å²) < 4.78 is 12.3. The monoisotopic (exact) mass is 661 g/mol. The largest absolute Gasteiger partial charge is 0.494 e. The summed E-state index contributed by atoms with van der Waals surface area (Å²) in [6.07, 6.45) is 6.97. The molecule has 10 heteroatoms. The molecule has 0 aliphatic heterocycles. The topological polar surface area (TPSA) is 108 Å². The first-order valence-electron chi connectivity index (χ1n) is 16.1. The van der Waals surface area contributed by atoms with E-state index in [0.717, 1.165) is 74.8 Å². The second-order valence-corrected chi connectivity index (χ2v) is 12.2. The van der Waals surface area contributed by atoms with Crippen molar-refractivity contribution in [3.63, 3.8) is 0 Å². The number of nitrogens with zero attached hydrogens (tertiary/aromatic N) is 3. The third-order valence-corrected chi connectivity index (χ3v) is 8.14. The zero-order valence-corrected chi connectivity index (χ0v) is 27.9. The van der Waals surface area contributed by atoms with Crippen LogP contribution in [0.5, 0.6) is 5.75 Å². The number of benzene rings is 1. The van der Waals surface area contributed by atoms with Crippen LogP contribution in [0.2, 0.25) is 10.3 Å². The molecule has 0 spiro atoms. The van der Waals surface area contributed by atoms with Crippen molar-refractivity contribution in [2.45, 2.75) is 83.0 Å². The molecular formula is C35H49Cl2N3O5. The molecule has 45 heavy (non-hydrogen) atoms. The van der Waals surface area contributed by atoms with Gasteiger partial charge >= 0.3 is 0 Å². The molecule has 248 valence electrons. The second kappa shape index (κ2) is 21.5. The van der Waals surface area contributed by atoms with Gasteiger partial charge in [0.05, 0.1) is 18.0 Å². The molecule has 2 unspecified atom stereocenters. The van der Waals surface area contributed by atoms with Crippen LogP contribution >= 0.6 is 23.2 Å². The number of aliphatic hydroxyl groups is 3. The van der Waals surface area contributed by atoms with Crippen molar-refractivity contribution < 1.29 is 24.8 Å². The number of pyridine rings is 2. The molecule has 3 rings (SSSR count). The minimum atomic E-state index is -0.856. The molecule has 0 aliphatic carbocycles. The summed E-state index contributed by atoms with van der Waals surface area (Å²) in [6.45, 7) is 4.61. The van der Waals surface area contributed by atoms with Gasteiger partial charge in [-0.3, -0.25) is 4.90 Å². The van der Waals surface area contributed by atoms with E-state index in [1.54, 1.807) is 24.3 Å². The summed E-state index contributed by atoms with van der Waals surface area (Å²) in [5.74, 6) is 0.840. The number of aromatic nitrogens is 2. The Labute approximate surface area is 278 Å². The quantitative estimate of drug-likeness (QED) is 0.0737. The van der Waals surface area contributed by atoms with Gasteiger partial charge in [0.2, 0.25) is 0 Å². The van der Waals surface area contributed by atoms with Crippen molar-refractivity contribution in [1.82, 2.24) is 14.9 Å². The second-order valence-electron chi connectivity index (χ2n) is 11.4. The van der Waals surface area contributed by atoms with Gasteiger partial charge in [0, 0.05) is 39.0 Å². The third-order valence-electron chi connectivity index (χ3n) is 7.72. The van der Waals surface area contributed by atoms with Gasteiger partial charge in [-0.05, 0) is 87.4 Å². The fraction of sp³-hybridized carbons (Fsp3) is 0.543. The molecule has 1 aromatic carbocycles. The van der Waals surface area contributed by atoms with Gasteiger partial charge in [-0.2, -0.15) is 0 Å². The van der Waals surface area contributed by atoms with Crippen LogP contribution in [0.4, 0.5) is 0 Å². The van der Waals surface area contributed by atoms with E-state index in [1.807, 2.05) is 24.3 Å². The van der Waals surface area contributed by atoms with E-state index in [1.165, 1.54) is 0 Å². The minimum absolute atomic E-state index is 0.0342. The van der Waals surface area contributed by atoms with E-state index in [2.05, 4.69) is 33.9 Å². The molecule has 0 radical (unpaired) electrons. The lowest BCUT2D eigenvalue weighted by Gasteiger charge is -2.34. The van der Waals surface area contributed by atoms with Gasteiger partial charge < -0.3 is 24.8 Å². The molecule has 0 amide bonds. The van der Waals surface area contributed by atoms with Crippen LogP contribution in [0.15, 0.2) is 60.7 Å². The summed E-state index contributed by atoms with van der Waals surface area (Å²) in [5.41, 5.74) is 2.41. The maximum absolute atomic E-state index is 11.3. The van der Waals surface area contributed by atoms with Crippen LogP contribution in [0.3, 0.4) is 0 Å². The number of rotatable bonds is 23. The maximum atomic E-state index is 11.3. The maximum Gasteiger partial charge on any atom is 0.129 e. The lowest BCUT2D eigenvalue weighted by molar-refractivity contribution is -0.00278. The first kappa shape index (κ1) is 37.2. The Bertz CT molecular complexity index is 1220. The van der Waals surface area contributed by atoms with Crippen molar-refractivity contribution >= 4 is 23.2 Å². The number of hydrogen-bond donors (Lipinski definition) is 3. The Kier molecular flexibility index (Phi) is 17.7. The van der Waals surface area contributed by atoms with Gasteiger partial charge in [-0.25, -0.2) is 9.97 Å². The van der Waals surface area contributed by atoms with Gasteiger partial charge in [-0.1, -0.05) is 66.7 Å². The fourth-order valence-electron chi connectivity index (χ4n) is 5.15. The van der Waals surface area contributed by atoms with Gasteiger partial charge in [0.15, 0.2) is 0 Å². The lowest BCUT2D eigenvalue weighted by atomic mass is 10.0. The van der Waals surface area contributed by atoms with Crippen LogP contribution in [0.25, 0.3) is 0 Å². The molecule has 2 heterocycles. The zero-order chi connectivity index (χ0) is 32.3. The molecule has 0 aliphatic rings. The van der Waals surface area contributed by atoms with E-state index in [9.17, 15) is 5.11 Å². The summed E-state index contributed by atoms with van der Waals surface area (Å²) in [5, 5.41) is 30.0. The fourth-order valence-corrected chi connectivity index (χ4v) is 5.49. The molecule has 0 saturated heterocycles. The van der Waals surface area contributed by atoms with Crippen LogP contribution in [-0.4, -0.2) is 75.7 Å². The first-order chi connectivity index (χ1) is 21.9. The standard InChI is InChI=1S/C35H49Cl2N3O5/c1-27(24-28-16-18-29(19-17-28)44-22-8-4-2-6-20-41)40(25-32(43)30-12-10-14-34(36)38-30)26-33(31-13-11-15-35(37)39-31)45-23-9-5-3-7-21-42/h10-19,27,32-33,41-43H,2-9,20-26H2,1H3/t27-,32?,33?/m1/s1. The molecular weight excluding hydrogens is 613 g/mol. The zero-order valence-electron chi connectivity index (χ0n) is 26.4. The Morgan fingerprint density at radius 2 is 1.29 bits per heavy atom. The van der Waals surface area contributed by atoms with Crippen molar-refractivity contribution in [3.05, 3.63) is 87.9 Å². The van der Waals surface area contributed by atoms with E-state index >= 15 is 0 Å². The van der Waals surface area contributed by atoms with E-state index in [-0.39, 0.29) is 25.4 Å². The molecule has 0 fully saturated rings. The van der Waals surface area contributed by atoms with E-state index in [0.29, 0.717) is 42.3 Å². The molecule has 0 bridgehead atoms. The smallest absolute Gasteiger partial charge is 0.129 e. The van der Waals surface area contributed by atoms with E-state index < -0.39 is 6.10 Å². The van der Waals surface area contributed by atoms with Crippen molar-refractivity contribution in [3.8, 4) is 5.75 Å². The lowest BCUT2D eigenvalue weighted by Crippen LogP contribution is -2.41. The van der Waals surface area contributed by atoms with Crippen LogP contribution < -0.4 is 4.74 Å². The van der Waals surface area contributed by atoms with Crippen LogP contribution in [0, 0.1) is 0 Å². The Hall–Kier alpha value is -2.30. The summed E-state index contributed by atoms with van der Waals surface area (Å²) in [6, 6.07) is 19.0. The normalized spacial score (nSPS) is 13.6. The summed E-state index contributed by atoms with van der Waals surface area (Å²) in [7, 11) is 0. The van der Waals surface area contributed by atoms with Crippen LogP contribution in [-0.2, 0) is 11.2 Å². The predicted molar refractivity (Wildman–Crippen MR) is 180 cm³/mol. The average molecular weight is 663 g/mol. The molecule has 2 aromatic heterocycles. The highest BCUT2D eigenvalue weighted by Gasteiger charge is 2.26. The van der Waals surface area contributed by atoms with Gasteiger partial charge in [0.1, 0.15) is 28.3 Å². The van der Waals surface area contributed by atoms with Crippen molar-refractivity contribution in [2.75, 3.05) is 39.5 Å². The molecule has 3 N–H and O–H groups in total. The molecule has 3 aromatic rings. The Balaban J connectivity index is 1.72. The minimum Gasteiger partial charge on any atom is -0.494 e. The van der Waals surface area contributed by atoms with Gasteiger partial charge in [0.25, 0.3) is 0 Å². The van der Waals surface area contributed by atoms with Gasteiger partial charge in [-0.15, -0.1) is 0 Å². The van der Waals surface area contributed by atoms with Crippen LogP contribution in [0.1, 0.15) is 87.4 Å². The highest BCUT2D eigenvalue weighted by atomic mass is 35.5. The number of ether oxygens (including phenoxy) is 2. The number of unbranched alkanes of at least 4 members (excludes halogenated alkanes) is 6. The molecule has 3 atom stereocenters. The number of hydrogen-bond acceptors (Lipinski definition) is 8. The van der Waals surface area contributed by atoms with Crippen molar-refractivity contribution in [2.24, 2.45) is 0 Å². The molecule has 0 saturated carbocycles. The van der Waals surface area contributed by atoms with E-state index in [4.69, 9.17) is 42.9 Å². The third kappa shape index (κ3) is 14.3. The first-order valence-corrected chi connectivity index (χ1v) is 16.9. The van der Waals surface area contributed by atoms with Crippen molar-refractivity contribution in [1.29, 1.82) is 0 Å². The number of aliphatic hydroxyl groups excluding tert-OH is 3. The average Bonchev–Trinajstić information content (AvgIpc) is 3.04. The summed E-state index contributed by atoms with van der Waals surface area (Å²) >= 11 is 12.4. The Morgan fingerprint density at radius 1 is 0.711 bits per heavy atom. The summed E-state index contributed by atoms with van der Waals surface area (Å²) in [4.78, 5) is 11.1. The SMILES string of the molecule is C[C@H](Cc1ccc(OCCCCCCO)cc1)N(CC(O)c1cccc(Cl)n1)CC(OCCCCCCO)c1cccc(Cl)n1. The highest BCUT2D eigenvalue weighted by Crippen LogP contribution is 2.25. The molecule has 8 nitrogen and oxygen atoms in total. The predicted octanol–water partition coefficient (Wildman–Crippen LogP) is 6.99. The number of halogens is 2. The Morgan fingerprint density at radius 3 is 1.91 bits per heavy atom.